The second kappa shape index (κ2) is 4.43. The maximum Gasteiger partial charge on any atom is 0.191 e. The predicted octanol–water partition coefficient (Wildman–Crippen LogP) is 2.61. The molecular formula is C15H27N3. The lowest BCUT2D eigenvalue weighted by molar-refractivity contribution is 0.00107. The smallest absolute Gasteiger partial charge is 0.191 e. The molecule has 0 aromatic carbocycles. The van der Waals surface area contributed by atoms with E-state index in [9.17, 15) is 0 Å². The van der Waals surface area contributed by atoms with Crippen molar-refractivity contribution < 1.29 is 0 Å². The van der Waals surface area contributed by atoms with Crippen LogP contribution in [0.25, 0.3) is 0 Å². The van der Waals surface area contributed by atoms with Crippen molar-refractivity contribution in [2.75, 3.05) is 13.1 Å². The third-order valence-corrected chi connectivity index (χ3v) is 5.45. The van der Waals surface area contributed by atoms with Crippen LogP contribution in [0, 0.1) is 17.8 Å². The monoisotopic (exact) mass is 249 g/mol. The first kappa shape index (κ1) is 12.3. The third kappa shape index (κ3) is 2.02. The first-order valence-electron chi connectivity index (χ1n) is 7.74. The van der Waals surface area contributed by atoms with Gasteiger partial charge in [-0.05, 0) is 70.1 Å². The van der Waals surface area contributed by atoms with Crippen molar-refractivity contribution in [1.82, 2.24) is 4.90 Å². The SMILES string of the molecule is CCN(CC)C(N)=NC12CC3CC(CC(C3)C1)C2. The molecule has 4 rings (SSSR count). The molecule has 0 atom stereocenters. The Morgan fingerprint density at radius 2 is 1.50 bits per heavy atom. The minimum Gasteiger partial charge on any atom is -0.370 e. The van der Waals surface area contributed by atoms with Crippen LogP contribution in [0.4, 0.5) is 0 Å². The highest BCUT2D eigenvalue weighted by molar-refractivity contribution is 5.78. The van der Waals surface area contributed by atoms with Crippen molar-refractivity contribution >= 4 is 5.96 Å². The van der Waals surface area contributed by atoms with Crippen LogP contribution < -0.4 is 5.73 Å². The van der Waals surface area contributed by atoms with E-state index in [0.717, 1.165) is 36.8 Å². The van der Waals surface area contributed by atoms with Gasteiger partial charge in [-0.1, -0.05) is 0 Å². The molecule has 2 N–H and O–H groups in total. The number of hydrogen-bond donors (Lipinski definition) is 1. The molecule has 4 aliphatic carbocycles. The molecule has 4 bridgehead atoms. The highest BCUT2D eigenvalue weighted by atomic mass is 15.3. The quantitative estimate of drug-likeness (QED) is 0.617. The molecule has 0 spiro atoms. The highest BCUT2D eigenvalue weighted by Crippen LogP contribution is 2.57. The van der Waals surface area contributed by atoms with Crippen LogP contribution in [0.15, 0.2) is 4.99 Å². The standard InChI is InChI=1S/C15H27N3/c1-3-18(4-2)14(16)17-15-8-11-5-12(9-15)7-13(6-11)10-15/h11-13H,3-10H2,1-2H3,(H2,16,17). The Hall–Kier alpha value is -0.730. The molecule has 0 saturated heterocycles. The van der Waals surface area contributed by atoms with Gasteiger partial charge in [-0.3, -0.25) is 0 Å². The fourth-order valence-electron chi connectivity index (χ4n) is 5.06. The van der Waals surface area contributed by atoms with Crippen molar-refractivity contribution in [3.05, 3.63) is 0 Å². The molecule has 102 valence electrons. The molecule has 0 heterocycles. The fraction of sp³-hybridized carbons (Fsp3) is 0.933. The third-order valence-electron chi connectivity index (χ3n) is 5.45. The Kier molecular flexibility index (Phi) is 3.03. The molecule has 4 saturated carbocycles. The zero-order valence-electron chi connectivity index (χ0n) is 11.9. The summed E-state index contributed by atoms with van der Waals surface area (Å²) in [6.45, 7) is 6.26. The summed E-state index contributed by atoms with van der Waals surface area (Å²) < 4.78 is 0. The van der Waals surface area contributed by atoms with E-state index in [2.05, 4.69) is 18.7 Å². The van der Waals surface area contributed by atoms with Crippen LogP contribution in [0.5, 0.6) is 0 Å². The number of rotatable bonds is 3. The summed E-state index contributed by atoms with van der Waals surface area (Å²) in [4.78, 5) is 7.22. The van der Waals surface area contributed by atoms with Crippen LogP contribution in [0.3, 0.4) is 0 Å². The summed E-state index contributed by atoms with van der Waals surface area (Å²) in [6, 6.07) is 0. The fourth-order valence-corrected chi connectivity index (χ4v) is 5.06. The Morgan fingerprint density at radius 1 is 1.06 bits per heavy atom. The Bertz CT molecular complexity index is 308. The summed E-state index contributed by atoms with van der Waals surface area (Å²) in [6.07, 6.45) is 8.34. The van der Waals surface area contributed by atoms with Gasteiger partial charge < -0.3 is 10.6 Å². The first-order valence-corrected chi connectivity index (χ1v) is 7.74. The Labute approximate surface area is 111 Å². The second-order valence-electron chi connectivity index (χ2n) is 6.78. The minimum absolute atomic E-state index is 0.224. The topological polar surface area (TPSA) is 41.6 Å². The number of hydrogen-bond acceptors (Lipinski definition) is 1. The molecule has 3 heteroatoms. The maximum absolute atomic E-state index is 6.24. The lowest BCUT2D eigenvalue weighted by Crippen LogP contribution is -2.51. The van der Waals surface area contributed by atoms with Crippen LogP contribution >= 0.6 is 0 Å². The molecule has 0 aromatic rings. The van der Waals surface area contributed by atoms with E-state index in [-0.39, 0.29) is 5.54 Å². The molecule has 18 heavy (non-hydrogen) atoms. The largest absolute Gasteiger partial charge is 0.370 e. The zero-order valence-corrected chi connectivity index (χ0v) is 11.9. The van der Waals surface area contributed by atoms with Crippen molar-refractivity contribution in [2.24, 2.45) is 28.5 Å². The van der Waals surface area contributed by atoms with Gasteiger partial charge in [0.25, 0.3) is 0 Å². The number of nitrogens with zero attached hydrogens (tertiary/aromatic N) is 2. The molecule has 0 unspecified atom stereocenters. The maximum atomic E-state index is 6.24. The molecule has 0 radical (unpaired) electrons. The normalized spacial score (nSPS) is 42.3. The molecule has 0 aliphatic heterocycles. The van der Waals surface area contributed by atoms with E-state index in [1.54, 1.807) is 0 Å². The van der Waals surface area contributed by atoms with Crippen LogP contribution in [-0.2, 0) is 0 Å². The summed E-state index contributed by atoms with van der Waals surface area (Å²) in [5, 5.41) is 0. The molecule has 4 fully saturated rings. The summed E-state index contributed by atoms with van der Waals surface area (Å²) >= 11 is 0. The van der Waals surface area contributed by atoms with Gasteiger partial charge in [-0.15, -0.1) is 0 Å². The minimum atomic E-state index is 0.224. The lowest BCUT2D eigenvalue weighted by Gasteiger charge is -2.55. The average molecular weight is 249 g/mol. The van der Waals surface area contributed by atoms with Crippen molar-refractivity contribution in [3.8, 4) is 0 Å². The number of guanidine groups is 1. The average Bonchev–Trinajstić information content (AvgIpc) is 2.27. The second-order valence-corrected chi connectivity index (χ2v) is 6.78. The molecule has 0 aromatic heterocycles. The van der Waals surface area contributed by atoms with Gasteiger partial charge in [0, 0.05) is 13.1 Å². The van der Waals surface area contributed by atoms with Gasteiger partial charge in [0.1, 0.15) is 0 Å². The van der Waals surface area contributed by atoms with Crippen molar-refractivity contribution in [1.29, 1.82) is 0 Å². The van der Waals surface area contributed by atoms with Gasteiger partial charge in [0.15, 0.2) is 5.96 Å². The van der Waals surface area contributed by atoms with Gasteiger partial charge in [-0.25, -0.2) is 4.99 Å². The highest BCUT2D eigenvalue weighted by Gasteiger charge is 2.51. The van der Waals surface area contributed by atoms with E-state index in [4.69, 9.17) is 10.7 Å². The van der Waals surface area contributed by atoms with Crippen LogP contribution in [0.1, 0.15) is 52.4 Å². The van der Waals surface area contributed by atoms with Crippen molar-refractivity contribution in [2.45, 2.75) is 57.9 Å². The Balaban J connectivity index is 1.81. The zero-order chi connectivity index (χ0) is 12.8. The number of nitrogens with two attached hydrogens (primary N) is 1. The summed E-state index contributed by atoms with van der Waals surface area (Å²) in [5.74, 6) is 3.64. The van der Waals surface area contributed by atoms with Gasteiger partial charge in [0.05, 0.1) is 5.54 Å². The van der Waals surface area contributed by atoms with Gasteiger partial charge in [0.2, 0.25) is 0 Å². The molecule has 4 aliphatic rings. The molecular weight excluding hydrogens is 222 g/mol. The van der Waals surface area contributed by atoms with E-state index >= 15 is 0 Å². The van der Waals surface area contributed by atoms with Crippen molar-refractivity contribution in [3.63, 3.8) is 0 Å². The molecule has 0 amide bonds. The summed E-state index contributed by atoms with van der Waals surface area (Å²) in [5.41, 5.74) is 6.46. The van der Waals surface area contributed by atoms with E-state index in [1.165, 1.54) is 38.5 Å². The number of aliphatic imine (C=N–C) groups is 1. The predicted molar refractivity (Wildman–Crippen MR) is 75.4 cm³/mol. The Morgan fingerprint density at radius 3 is 1.89 bits per heavy atom. The first-order chi connectivity index (χ1) is 8.64. The van der Waals surface area contributed by atoms with Crippen LogP contribution in [0.2, 0.25) is 0 Å². The van der Waals surface area contributed by atoms with E-state index < -0.39 is 0 Å². The van der Waals surface area contributed by atoms with Gasteiger partial charge in [-0.2, -0.15) is 0 Å². The molecule has 3 nitrogen and oxygen atoms in total. The van der Waals surface area contributed by atoms with Gasteiger partial charge >= 0.3 is 0 Å². The summed E-state index contributed by atoms with van der Waals surface area (Å²) in [7, 11) is 0. The van der Waals surface area contributed by atoms with E-state index in [1.807, 2.05) is 0 Å². The van der Waals surface area contributed by atoms with Crippen LogP contribution in [-0.4, -0.2) is 29.5 Å². The lowest BCUT2D eigenvalue weighted by atomic mass is 9.53. The van der Waals surface area contributed by atoms with E-state index in [0.29, 0.717) is 0 Å².